The molecule has 0 saturated carbocycles. The molecule has 0 fully saturated rings. The van der Waals surface area contributed by atoms with Crippen LogP contribution in [0.25, 0.3) is 54.6 Å². The summed E-state index contributed by atoms with van der Waals surface area (Å²) in [7, 11) is 6.99. The SMILES string of the molecule is COc1cc2c(ccc3c4ccc(CO)c(OC)c4c[n+](C)c23)c(-c2ccc3[nH]cnc3c2)c1OC. The molecule has 0 unspecified atom stereocenters. The van der Waals surface area contributed by atoms with Gasteiger partial charge >= 0.3 is 0 Å². The zero-order valence-corrected chi connectivity index (χ0v) is 20.5. The van der Waals surface area contributed by atoms with Crippen molar-refractivity contribution in [3.05, 3.63) is 66.6 Å². The molecule has 0 atom stereocenters. The summed E-state index contributed by atoms with van der Waals surface area (Å²) in [5.74, 6) is 2.02. The lowest BCUT2D eigenvalue weighted by molar-refractivity contribution is -0.642. The highest BCUT2D eigenvalue weighted by molar-refractivity contribution is 6.18. The van der Waals surface area contributed by atoms with E-state index in [4.69, 9.17) is 14.2 Å². The number of methoxy groups -OCH3 is 3. The van der Waals surface area contributed by atoms with Crippen molar-refractivity contribution in [3.63, 3.8) is 0 Å². The Morgan fingerprint density at radius 3 is 2.36 bits per heavy atom. The molecule has 2 N–H and O–H groups in total. The molecule has 0 aliphatic carbocycles. The van der Waals surface area contributed by atoms with Gasteiger partial charge in [0.25, 0.3) is 0 Å². The van der Waals surface area contributed by atoms with E-state index in [1.807, 2.05) is 31.3 Å². The van der Waals surface area contributed by atoms with Gasteiger partial charge in [-0.05, 0) is 29.8 Å². The fourth-order valence-corrected chi connectivity index (χ4v) is 5.37. The van der Waals surface area contributed by atoms with Gasteiger partial charge in [0.2, 0.25) is 5.52 Å². The molecule has 36 heavy (non-hydrogen) atoms. The van der Waals surface area contributed by atoms with Gasteiger partial charge in [0, 0.05) is 21.9 Å². The van der Waals surface area contributed by atoms with Crippen LogP contribution in [-0.4, -0.2) is 36.4 Å². The maximum Gasteiger partial charge on any atom is 0.220 e. The summed E-state index contributed by atoms with van der Waals surface area (Å²) in [5, 5.41) is 15.0. The third-order valence-electron chi connectivity index (χ3n) is 6.96. The number of ether oxygens (including phenoxy) is 3. The maximum atomic E-state index is 9.81. The number of hydrogen-bond acceptors (Lipinski definition) is 5. The number of fused-ring (bicyclic) bond motifs is 6. The van der Waals surface area contributed by atoms with Crippen LogP contribution in [-0.2, 0) is 13.7 Å². The predicted molar refractivity (Wildman–Crippen MR) is 141 cm³/mol. The first-order chi connectivity index (χ1) is 17.6. The first-order valence-corrected chi connectivity index (χ1v) is 11.6. The molecule has 7 heteroatoms. The average molecular weight is 481 g/mol. The molecule has 0 aliphatic rings. The molecular formula is C29H26N3O4+. The second-order valence-electron chi connectivity index (χ2n) is 8.80. The van der Waals surface area contributed by atoms with Gasteiger partial charge in [-0.3, -0.25) is 0 Å². The van der Waals surface area contributed by atoms with Crippen LogP contribution in [0.4, 0.5) is 0 Å². The first-order valence-electron chi connectivity index (χ1n) is 11.6. The van der Waals surface area contributed by atoms with Crippen LogP contribution >= 0.6 is 0 Å². The fraction of sp³-hybridized carbons (Fsp3) is 0.172. The molecule has 2 heterocycles. The standard InChI is InChI=1S/C29H26N3O4/c1-32-13-22-18(7-5-17(14-33)28(22)35-3)20-9-8-19-21(27(20)32)12-25(34-2)29(36-4)26(19)16-6-10-23-24(11-16)31-15-30-23/h5-13,15,33H,14H2,1-4H3,(H,30,31)/q+1. The minimum absolute atomic E-state index is 0.0840. The number of aromatic amines is 1. The summed E-state index contributed by atoms with van der Waals surface area (Å²) >= 11 is 0. The summed E-state index contributed by atoms with van der Waals surface area (Å²) < 4.78 is 19.5. The lowest BCUT2D eigenvalue weighted by atomic mass is 9.93. The van der Waals surface area contributed by atoms with Gasteiger partial charge in [-0.2, -0.15) is 4.57 Å². The Morgan fingerprint density at radius 2 is 1.61 bits per heavy atom. The van der Waals surface area contributed by atoms with E-state index in [-0.39, 0.29) is 6.61 Å². The summed E-state index contributed by atoms with van der Waals surface area (Å²) in [5.41, 5.74) is 5.62. The monoisotopic (exact) mass is 480 g/mol. The van der Waals surface area contributed by atoms with E-state index in [1.165, 1.54) is 0 Å². The molecule has 2 aromatic heterocycles. The Morgan fingerprint density at radius 1 is 0.833 bits per heavy atom. The zero-order chi connectivity index (χ0) is 25.0. The molecule has 7 nitrogen and oxygen atoms in total. The molecule has 0 radical (unpaired) electrons. The minimum Gasteiger partial charge on any atom is -0.495 e. The number of rotatable bonds is 5. The number of nitrogens with zero attached hydrogens (tertiary/aromatic N) is 2. The average Bonchev–Trinajstić information content (AvgIpc) is 3.38. The van der Waals surface area contributed by atoms with Crippen molar-refractivity contribution >= 4 is 43.5 Å². The normalized spacial score (nSPS) is 11.6. The number of aryl methyl sites for hydroxylation is 1. The summed E-state index contributed by atoms with van der Waals surface area (Å²) in [6.07, 6.45) is 3.76. The van der Waals surface area contributed by atoms with Crippen molar-refractivity contribution in [2.45, 2.75) is 6.61 Å². The molecule has 4 aromatic carbocycles. The lowest BCUT2D eigenvalue weighted by Crippen LogP contribution is -2.28. The number of aliphatic hydroxyl groups excluding tert-OH is 1. The number of aliphatic hydroxyl groups is 1. The molecule has 0 spiro atoms. The van der Waals surface area contributed by atoms with Crippen LogP contribution < -0.4 is 18.8 Å². The summed E-state index contributed by atoms with van der Waals surface area (Å²) in [6.45, 7) is -0.0840. The van der Waals surface area contributed by atoms with E-state index < -0.39 is 0 Å². The van der Waals surface area contributed by atoms with Gasteiger partial charge in [-0.25, -0.2) is 4.98 Å². The van der Waals surface area contributed by atoms with Gasteiger partial charge in [-0.15, -0.1) is 0 Å². The fourth-order valence-electron chi connectivity index (χ4n) is 5.37. The lowest BCUT2D eigenvalue weighted by Gasteiger charge is -2.17. The third-order valence-corrected chi connectivity index (χ3v) is 6.96. The van der Waals surface area contributed by atoms with Crippen LogP contribution in [0, 0.1) is 0 Å². The van der Waals surface area contributed by atoms with Crippen LogP contribution in [0.3, 0.4) is 0 Å². The summed E-state index contributed by atoms with van der Waals surface area (Å²) in [4.78, 5) is 7.61. The number of nitrogens with one attached hydrogen (secondary N) is 1. The predicted octanol–water partition coefficient (Wildman–Crippen LogP) is 5.03. The molecule has 0 aliphatic heterocycles. The van der Waals surface area contributed by atoms with Crippen molar-refractivity contribution in [2.24, 2.45) is 7.05 Å². The van der Waals surface area contributed by atoms with E-state index in [0.717, 1.165) is 60.2 Å². The quantitative estimate of drug-likeness (QED) is 0.267. The van der Waals surface area contributed by atoms with Gasteiger partial charge in [0.1, 0.15) is 12.8 Å². The Labute approximate surface area is 207 Å². The number of hydrogen-bond donors (Lipinski definition) is 2. The van der Waals surface area contributed by atoms with Crippen LogP contribution in [0.1, 0.15) is 5.56 Å². The Hall–Kier alpha value is -4.36. The van der Waals surface area contributed by atoms with Crippen LogP contribution in [0.15, 0.2) is 61.1 Å². The van der Waals surface area contributed by atoms with Crippen LogP contribution in [0.5, 0.6) is 17.2 Å². The topological polar surface area (TPSA) is 80.5 Å². The van der Waals surface area contributed by atoms with Crippen molar-refractivity contribution in [3.8, 4) is 28.4 Å². The Kier molecular flexibility index (Phi) is 5.16. The smallest absolute Gasteiger partial charge is 0.220 e. The van der Waals surface area contributed by atoms with Crippen molar-refractivity contribution < 1.29 is 23.9 Å². The van der Waals surface area contributed by atoms with Crippen molar-refractivity contribution in [1.82, 2.24) is 9.97 Å². The largest absolute Gasteiger partial charge is 0.495 e. The van der Waals surface area contributed by atoms with E-state index in [2.05, 4.69) is 45.0 Å². The molecule has 0 amide bonds. The Bertz CT molecular complexity index is 1810. The molecule has 6 aromatic rings. The molecule has 0 saturated heterocycles. The molecule has 6 rings (SSSR count). The highest BCUT2D eigenvalue weighted by atomic mass is 16.5. The van der Waals surface area contributed by atoms with E-state index in [1.54, 1.807) is 27.7 Å². The van der Waals surface area contributed by atoms with Gasteiger partial charge in [0.15, 0.2) is 17.7 Å². The minimum atomic E-state index is -0.0840. The number of pyridine rings is 1. The highest BCUT2D eigenvalue weighted by Crippen LogP contribution is 2.46. The maximum absolute atomic E-state index is 9.81. The number of imidazole rings is 1. The molecular weight excluding hydrogens is 454 g/mol. The van der Waals surface area contributed by atoms with E-state index in [9.17, 15) is 5.11 Å². The number of benzene rings is 4. The van der Waals surface area contributed by atoms with Gasteiger partial charge < -0.3 is 24.3 Å². The molecule has 180 valence electrons. The van der Waals surface area contributed by atoms with Crippen molar-refractivity contribution in [2.75, 3.05) is 21.3 Å². The zero-order valence-electron chi connectivity index (χ0n) is 20.5. The van der Waals surface area contributed by atoms with Crippen molar-refractivity contribution in [1.29, 1.82) is 0 Å². The number of aromatic nitrogens is 3. The molecule has 0 bridgehead atoms. The van der Waals surface area contributed by atoms with E-state index in [0.29, 0.717) is 17.2 Å². The highest BCUT2D eigenvalue weighted by Gasteiger charge is 2.24. The number of H-pyrrole nitrogens is 1. The first kappa shape index (κ1) is 22.1. The van der Waals surface area contributed by atoms with E-state index >= 15 is 0 Å². The van der Waals surface area contributed by atoms with Gasteiger partial charge in [-0.1, -0.05) is 24.3 Å². The summed E-state index contributed by atoms with van der Waals surface area (Å²) in [6, 6.07) is 16.4. The van der Waals surface area contributed by atoms with Crippen LogP contribution in [0.2, 0.25) is 0 Å². The third kappa shape index (κ3) is 3.09. The Balaban J connectivity index is 1.76. The van der Waals surface area contributed by atoms with Gasteiger partial charge in [0.05, 0.1) is 61.5 Å². The second-order valence-corrected chi connectivity index (χ2v) is 8.80. The second kappa shape index (κ2) is 8.39.